The Bertz CT molecular complexity index is 603. The van der Waals surface area contributed by atoms with Crippen molar-refractivity contribution >= 4 is 11.7 Å². The SMILES string of the molecule is Cn1cc(NC(=O)c2ccc3c(c2)CCC3)nn1. The molecule has 0 spiro atoms. The zero-order valence-corrected chi connectivity index (χ0v) is 10.2. The number of nitrogens with one attached hydrogen (secondary N) is 1. The van der Waals surface area contributed by atoms with Crippen LogP contribution in [0.4, 0.5) is 5.82 Å². The van der Waals surface area contributed by atoms with Crippen LogP contribution in [0.15, 0.2) is 24.4 Å². The van der Waals surface area contributed by atoms with Gasteiger partial charge in [0, 0.05) is 12.6 Å². The Morgan fingerprint density at radius 3 is 2.94 bits per heavy atom. The molecule has 3 rings (SSSR count). The third-order valence-corrected chi connectivity index (χ3v) is 3.20. The third kappa shape index (κ3) is 1.99. The second-order valence-electron chi connectivity index (χ2n) is 4.57. The molecule has 0 unspecified atom stereocenters. The molecule has 0 saturated carbocycles. The third-order valence-electron chi connectivity index (χ3n) is 3.20. The molecule has 18 heavy (non-hydrogen) atoms. The highest BCUT2D eigenvalue weighted by Crippen LogP contribution is 2.23. The fourth-order valence-corrected chi connectivity index (χ4v) is 2.31. The van der Waals surface area contributed by atoms with Crippen LogP contribution in [0.3, 0.4) is 0 Å². The summed E-state index contributed by atoms with van der Waals surface area (Å²) in [6.07, 6.45) is 5.05. The van der Waals surface area contributed by atoms with Crippen molar-refractivity contribution < 1.29 is 4.79 Å². The number of hydrogen-bond donors (Lipinski definition) is 1. The largest absolute Gasteiger partial charge is 0.304 e. The fourth-order valence-electron chi connectivity index (χ4n) is 2.31. The maximum atomic E-state index is 12.0. The number of carbonyl (C=O) groups excluding carboxylic acids is 1. The summed E-state index contributed by atoms with van der Waals surface area (Å²) >= 11 is 0. The highest BCUT2D eigenvalue weighted by molar-refractivity contribution is 6.03. The number of hydrogen-bond acceptors (Lipinski definition) is 3. The lowest BCUT2D eigenvalue weighted by Gasteiger charge is -2.04. The van der Waals surface area contributed by atoms with Gasteiger partial charge >= 0.3 is 0 Å². The molecule has 0 fully saturated rings. The van der Waals surface area contributed by atoms with Crippen molar-refractivity contribution in [2.75, 3.05) is 5.32 Å². The number of benzene rings is 1. The summed E-state index contributed by atoms with van der Waals surface area (Å²) in [6, 6.07) is 5.90. The topological polar surface area (TPSA) is 59.8 Å². The highest BCUT2D eigenvalue weighted by Gasteiger charge is 2.14. The van der Waals surface area contributed by atoms with E-state index in [1.807, 2.05) is 18.2 Å². The van der Waals surface area contributed by atoms with Crippen LogP contribution in [0.5, 0.6) is 0 Å². The lowest BCUT2D eigenvalue weighted by atomic mass is 10.1. The minimum Gasteiger partial charge on any atom is -0.304 e. The van der Waals surface area contributed by atoms with Gasteiger partial charge in [0.15, 0.2) is 5.82 Å². The molecule has 1 aromatic heterocycles. The van der Waals surface area contributed by atoms with Gasteiger partial charge in [0.25, 0.3) is 5.91 Å². The van der Waals surface area contributed by atoms with E-state index in [1.54, 1.807) is 17.9 Å². The first kappa shape index (κ1) is 11.0. The van der Waals surface area contributed by atoms with Crippen molar-refractivity contribution in [1.29, 1.82) is 0 Å². The van der Waals surface area contributed by atoms with Crippen molar-refractivity contribution in [1.82, 2.24) is 15.0 Å². The first-order valence-corrected chi connectivity index (χ1v) is 6.02. The van der Waals surface area contributed by atoms with E-state index in [4.69, 9.17) is 0 Å². The Morgan fingerprint density at radius 2 is 2.17 bits per heavy atom. The molecule has 0 atom stereocenters. The van der Waals surface area contributed by atoms with E-state index in [9.17, 15) is 4.79 Å². The number of aromatic nitrogens is 3. The molecular weight excluding hydrogens is 228 g/mol. The Morgan fingerprint density at radius 1 is 1.33 bits per heavy atom. The van der Waals surface area contributed by atoms with Gasteiger partial charge in [-0.05, 0) is 42.5 Å². The molecule has 0 aliphatic heterocycles. The number of aryl methyl sites for hydroxylation is 3. The number of amides is 1. The average Bonchev–Trinajstić information content (AvgIpc) is 2.96. The van der Waals surface area contributed by atoms with Crippen molar-refractivity contribution in [3.05, 3.63) is 41.1 Å². The van der Waals surface area contributed by atoms with E-state index in [2.05, 4.69) is 15.6 Å². The predicted molar refractivity (Wildman–Crippen MR) is 67.4 cm³/mol. The lowest BCUT2D eigenvalue weighted by Crippen LogP contribution is -2.12. The summed E-state index contributed by atoms with van der Waals surface area (Å²) in [5, 5.41) is 10.3. The van der Waals surface area contributed by atoms with Crippen molar-refractivity contribution in [3.8, 4) is 0 Å². The van der Waals surface area contributed by atoms with Gasteiger partial charge in [0.05, 0.1) is 6.20 Å². The summed E-state index contributed by atoms with van der Waals surface area (Å²) in [5.41, 5.74) is 3.34. The monoisotopic (exact) mass is 242 g/mol. The summed E-state index contributed by atoms with van der Waals surface area (Å²) in [6.45, 7) is 0. The van der Waals surface area contributed by atoms with Gasteiger partial charge in [-0.3, -0.25) is 9.48 Å². The minimum absolute atomic E-state index is 0.134. The molecular formula is C13H14N4O. The fraction of sp³-hybridized carbons (Fsp3) is 0.308. The van der Waals surface area contributed by atoms with Gasteiger partial charge in [0.2, 0.25) is 0 Å². The molecule has 0 saturated heterocycles. The van der Waals surface area contributed by atoms with E-state index in [-0.39, 0.29) is 5.91 Å². The van der Waals surface area contributed by atoms with Gasteiger partial charge in [0.1, 0.15) is 0 Å². The Balaban J connectivity index is 1.80. The number of rotatable bonds is 2. The van der Waals surface area contributed by atoms with E-state index < -0.39 is 0 Å². The maximum Gasteiger partial charge on any atom is 0.256 e. The van der Waals surface area contributed by atoms with Gasteiger partial charge in [-0.1, -0.05) is 11.3 Å². The van der Waals surface area contributed by atoms with Crippen molar-refractivity contribution in [2.24, 2.45) is 7.05 Å². The number of carbonyl (C=O) groups is 1. The van der Waals surface area contributed by atoms with E-state index in [1.165, 1.54) is 17.5 Å². The first-order chi connectivity index (χ1) is 8.72. The molecule has 1 N–H and O–H groups in total. The molecule has 2 aromatic rings. The van der Waals surface area contributed by atoms with Crippen LogP contribution >= 0.6 is 0 Å². The van der Waals surface area contributed by atoms with Crippen LogP contribution in [-0.2, 0) is 19.9 Å². The zero-order chi connectivity index (χ0) is 12.5. The van der Waals surface area contributed by atoms with Gasteiger partial charge in [-0.15, -0.1) is 5.10 Å². The van der Waals surface area contributed by atoms with Crippen LogP contribution in [-0.4, -0.2) is 20.9 Å². The first-order valence-electron chi connectivity index (χ1n) is 6.02. The highest BCUT2D eigenvalue weighted by atomic mass is 16.1. The van der Waals surface area contributed by atoms with Crippen LogP contribution in [0.1, 0.15) is 27.9 Å². The summed E-state index contributed by atoms with van der Waals surface area (Å²) in [5.74, 6) is 0.341. The quantitative estimate of drug-likeness (QED) is 0.869. The Kier molecular flexibility index (Phi) is 2.59. The van der Waals surface area contributed by atoms with E-state index in [0.29, 0.717) is 11.4 Å². The molecule has 1 amide bonds. The smallest absolute Gasteiger partial charge is 0.256 e. The minimum atomic E-state index is -0.134. The number of fused-ring (bicyclic) bond motifs is 1. The van der Waals surface area contributed by atoms with Crippen LogP contribution in [0.2, 0.25) is 0 Å². The molecule has 0 bridgehead atoms. The maximum absolute atomic E-state index is 12.0. The molecule has 1 aromatic carbocycles. The average molecular weight is 242 g/mol. The van der Waals surface area contributed by atoms with E-state index in [0.717, 1.165) is 12.8 Å². The number of nitrogens with zero attached hydrogens (tertiary/aromatic N) is 3. The Labute approximate surface area is 105 Å². The van der Waals surface area contributed by atoms with Crippen LogP contribution < -0.4 is 5.32 Å². The second-order valence-corrected chi connectivity index (χ2v) is 4.57. The molecule has 5 nitrogen and oxygen atoms in total. The normalized spacial score (nSPS) is 13.4. The molecule has 0 radical (unpaired) electrons. The Hall–Kier alpha value is -2.17. The summed E-state index contributed by atoms with van der Waals surface area (Å²) < 4.78 is 1.55. The summed E-state index contributed by atoms with van der Waals surface area (Å²) in [7, 11) is 1.76. The molecule has 1 aliphatic rings. The van der Waals surface area contributed by atoms with Crippen LogP contribution in [0, 0.1) is 0 Å². The van der Waals surface area contributed by atoms with Crippen molar-refractivity contribution in [3.63, 3.8) is 0 Å². The van der Waals surface area contributed by atoms with Crippen LogP contribution in [0.25, 0.3) is 0 Å². The van der Waals surface area contributed by atoms with Crippen molar-refractivity contribution in [2.45, 2.75) is 19.3 Å². The lowest BCUT2D eigenvalue weighted by molar-refractivity contribution is 0.102. The van der Waals surface area contributed by atoms with E-state index >= 15 is 0 Å². The predicted octanol–water partition coefficient (Wildman–Crippen LogP) is 1.56. The standard InChI is InChI=1S/C13H14N4O/c1-17-8-12(15-16-17)14-13(18)11-6-5-9-3-2-4-10(9)7-11/h5-8H,2-4H2,1H3,(H,14,18). The molecule has 1 heterocycles. The number of anilines is 1. The molecule has 1 aliphatic carbocycles. The molecule has 92 valence electrons. The van der Waals surface area contributed by atoms with Gasteiger partial charge < -0.3 is 5.32 Å². The second kappa shape index (κ2) is 4.25. The summed E-state index contributed by atoms with van der Waals surface area (Å²) in [4.78, 5) is 12.0. The zero-order valence-electron chi connectivity index (χ0n) is 10.2. The van der Waals surface area contributed by atoms with Gasteiger partial charge in [-0.2, -0.15) is 0 Å². The molecule has 5 heteroatoms. The van der Waals surface area contributed by atoms with Gasteiger partial charge in [-0.25, -0.2) is 0 Å².